The number of nitrogens with zero attached hydrogens (tertiary/aromatic N) is 1. The van der Waals surface area contributed by atoms with Crippen LogP contribution >= 0.6 is 0 Å². The summed E-state index contributed by atoms with van der Waals surface area (Å²) in [5.41, 5.74) is 10.5. The average Bonchev–Trinajstić information content (AvgIpc) is 2.47. The van der Waals surface area contributed by atoms with E-state index < -0.39 is 0 Å². The van der Waals surface area contributed by atoms with E-state index in [9.17, 15) is 0 Å². The van der Waals surface area contributed by atoms with Gasteiger partial charge in [0.25, 0.3) is 0 Å². The van der Waals surface area contributed by atoms with Crippen molar-refractivity contribution >= 4 is 5.71 Å². The summed E-state index contributed by atoms with van der Waals surface area (Å²) in [4.78, 5) is 0. The third kappa shape index (κ3) is 2.57. The van der Waals surface area contributed by atoms with E-state index in [2.05, 4.69) is 17.3 Å². The summed E-state index contributed by atoms with van der Waals surface area (Å²) in [6, 6.07) is 16.1. The molecule has 0 aliphatic heterocycles. The Labute approximate surface area is 107 Å². The van der Waals surface area contributed by atoms with Crippen molar-refractivity contribution in [1.29, 1.82) is 0 Å². The van der Waals surface area contributed by atoms with Gasteiger partial charge in [-0.05, 0) is 29.2 Å². The zero-order chi connectivity index (χ0) is 13.0. The molecule has 92 valence electrons. The molecule has 0 aromatic heterocycles. The lowest BCUT2D eigenvalue weighted by molar-refractivity contribution is 0.319. The van der Waals surface area contributed by atoms with Crippen LogP contribution in [-0.4, -0.2) is 10.9 Å². The van der Waals surface area contributed by atoms with Crippen LogP contribution in [0.5, 0.6) is 0 Å². The van der Waals surface area contributed by atoms with Crippen LogP contribution in [0.2, 0.25) is 0 Å². The Bertz CT molecular complexity index is 542. The Morgan fingerprint density at radius 1 is 1.00 bits per heavy atom. The number of hydrogen-bond acceptors (Lipinski definition) is 3. The SMILES string of the molecule is CC(=NO)c1ccc(-c2ccc(CN)cc2)cc1. The van der Waals surface area contributed by atoms with Gasteiger partial charge in [0.1, 0.15) is 0 Å². The van der Waals surface area contributed by atoms with Gasteiger partial charge in [-0.15, -0.1) is 0 Å². The Morgan fingerprint density at radius 3 is 1.94 bits per heavy atom. The molecule has 0 heterocycles. The highest BCUT2D eigenvalue weighted by Crippen LogP contribution is 2.20. The average molecular weight is 240 g/mol. The smallest absolute Gasteiger partial charge is 0.0836 e. The molecule has 0 unspecified atom stereocenters. The van der Waals surface area contributed by atoms with Gasteiger partial charge in [-0.3, -0.25) is 0 Å². The minimum atomic E-state index is 0.561. The number of rotatable bonds is 3. The topological polar surface area (TPSA) is 58.6 Å². The second-order valence-electron chi connectivity index (χ2n) is 4.16. The quantitative estimate of drug-likeness (QED) is 0.492. The summed E-state index contributed by atoms with van der Waals surface area (Å²) in [7, 11) is 0. The molecule has 3 heteroatoms. The molecule has 0 saturated heterocycles. The van der Waals surface area contributed by atoms with Crippen LogP contribution in [0.15, 0.2) is 53.7 Å². The van der Waals surface area contributed by atoms with E-state index in [-0.39, 0.29) is 0 Å². The predicted octanol–water partition coefficient (Wildman–Crippen LogP) is 3.01. The van der Waals surface area contributed by atoms with E-state index in [0.717, 1.165) is 22.3 Å². The zero-order valence-corrected chi connectivity index (χ0v) is 10.3. The van der Waals surface area contributed by atoms with E-state index >= 15 is 0 Å². The molecule has 0 aliphatic carbocycles. The molecule has 0 bridgehead atoms. The lowest BCUT2D eigenvalue weighted by Crippen LogP contribution is -1.95. The molecular weight excluding hydrogens is 224 g/mol. The fourth-order valence-corrected chi connectivity index (χ4v) is 1.79. The molecule has 0 fully saturated rings. The maximum Gasteiger partial charge on any atom is 0.0836 e. The first-order valence-corrected chi connectivity index (χ1v) is 5.83. The summed E-state index contributed by atoms with van der Waals surface area (Å²) in [5, 5.41) is 11.9. The minimum absolute atomic E-state index is 0.561. The third-order valence-corrected chi connectivity index (χ3v) is 2.98. The van der Waals surface area contributed by atoms with Crippen LogP contribution < -0.4 is 5.73 Å². The second kappa shape index (κ2) is 5.47. The summed E-state index contributed by atoms with van der Waals surface area (Å²) in [5.74, 6) is 0. The van der Waals surface area contributed by atoms with E-state index in [1.165, 1.54) is 0 Å². The molecule has 2 aromatic rings. The number of hydrogen-bond donors (Lipinski definition) is 2. The largest absolute Gasteiger partial charge is 0.411 e. The van der Waals surface area contributed by atoms with Crippen molar-refractivity contribution in [3.05, 3.63) is 59.7 Å². The van der Waals surface area contributed by atoms with Crippen LogP contribution in [0.4, 0.5) is 0 Å². The normalized spacial score (nSPS) is 11.6. The lowest BCUT2D eigenvalue weighted by atomic mass is 10.0. The Morgan fingerprint density at radius 2 is 1.50 bits per heavy atom. The minimum Gasteiger partial charge on any atom is -0.411 e. The van der Waals surface area contributed by atoms with Gasteiger partial charge < -0.3 is 10.9 Å². The number of nitrogens with two attached hydrogens (primary N) is 1. The van der Waals surface area contributed by atoms with Gasteiger partial charge >= 0.3 is 0 Å². The highest BCUT2D eigenvalue weighted by molar-refractivity contribution is 5.98. The standard InChI is InChI=1S/C15H16N2O/c1-11(17-18)13-6-8-15(9-7-13)14-4-2-12(10-16)3-5-14/h2-9,18H,10,16H2,1H3. The van der Waals surface area contributed by atoms with E-state index in [0.29, 0.717) is 12.3 Å². The van der Waals surface area contributed by atoms with Crippen molar-refractivity contribution in [3.63, 3.8) is 0 Å². The Balaban J connectivity index is 2.28. The molecule has 2 rings (SSSR count). The highest BCUT2D eigenvalue weighted by atomic mass is 16.4. The van der Waals surface area contributed by atoms with Crippen molar-refractivity contribution in [1.82, 2.24) is 0 Å². The molecule has 0 aliphatic rings. The third-order valence-electron chi connectivity index (χ3n) is 2.98. The van der Waals surface area contributed by atoms with Gasteiger partial charge in [-0.1, -0.05) is 53.7 Å². The van der Waals surface area contributed by atoms with E-state index in [1.54, 1.807) is 6.92 Å². The van der Waals surface area contributed by atoms with Crippen LogP contribution in [0, 0.1) is 0 Å². The molecule has 18 heavy (non-hydrogen) atoms. The van der Waals surface area contributed by atoms with Gasteiger partial charge in [0.15, 0.2) is 0 Å². The molecule has 2 aromatic carbocycles. The maximum absolute atomic E-state index is 8.71. The van der Waals surface area contributed by atoms with Gasteiger partial charge in [0, 0.05) is 6.54 Å². The Hall–Kier alpha value is -2.13. The monoisotopic (exact) mass is 240 g/mol. The van der Waals surface area contributed by atoms with Crippen LogP contribution in [-0.2, 0) is 6.54 Å². The van der Waals surface area contributed by atoms with Gasteiger partial charge in [-0.2, -0.15) is 0 Å². The molecule has 0 amide bonds. The number of benzene rings is 2. The van der Waals surface area contributed by atoms with E-state index in [1.807, 2.05) is 36.4 Å². The van der Waals surface area contributed by atoms with Gasteiger partial charge in [-0.25, -0.2) is 0 Å². The zero-order valence-electron chi connectivity index (χ0n) is 10.3. The fraction of sp³-hybridized carbons (Fsp3) is 0.133. The number of oxime groups is 1. The van der Waals surface area contributed by atoms with Crippen molar-refractivity contribution in [2.24, 2.45) is 10.9 Å². The van der Waals surface area contributed by atoms with Crippen molar-refractivity contribution in [2.45, 2.75) is 13.5 Å². The van der Waals surface area contributed by atoms with Gasteiger partial charge in [0.2, 0.25) is 0 Å². The van der Waals surface area contributed by atoms with Crippen LogP contribution in [0.1, 0.15) is 18.1 Å². The summed E-state index contributed by atoms with van der Waals surface area (Å²) in [6.07, 6.45) is 0. The second-order valence-corrected chi connectivity index (χ2v) is 4.16. The van der Waals surface area contributed by atoms with Crippen LogP contribution in [0.25, 0.3) is 11.1 Å². The van der Waals surface area contributed by atoms with Crippen LogP contribution in [0.3, 0.4) is 0 Å². The lowest BCUT2D eigenvalue weighted by Gasteiger charge is -2.04. The van der Waals surface area contributed by atoms with E-state index in [4.69, 9.17) is 10.9 Å². The molecule has 0 saturated carbocycles. The molecule has 0 radical (unpaired) electrons. The molecular formula is C15H16N2O. The Kier molecular flexibility index (Phi) is 3.75. The first-order chi connectivity index (χ1) is 8.74. The summed E-state index contributed by atoms with van der Waals surface area (Å²) >= 11 is 0. The summed E-state index contributed by atoms with van der Waals surface area (Å²) in [6.45, 7) is 2.33. The first kappa shape index (κ1) is 12.3. The molecule has 3 nitrogen and oxygen atoms in total. The fourth-order valence-electron chi connectivity index (χ4n) is 1.79. The summed E-state index contributed by atoms with van der Waals surface area (Å²) < 4.78 is 0. The molecule has 0 spiro atoms. The maximum atomic E-state index is 8.71. The first-order valence-electron chi connectivity index (χ1n) is 5.83. The predicted molar refractivity (Wildman–Crippen MR) is 73.8 cm³/mol. The van der Waals surface area contributed by atoms with Crippen molar-refractivity contribution < 1.29 is 5.21 Å². The van der Waals surface area contributed by atoms with Crippen molar-refractivity contribution in [2.75, 3.05) is 0 Å². The molecule has 3 N–H and O–H groups in total. The highest BCUT2D eigenvalue weighted by Gasteiger charge is 2.00. The van der Waals surface area contributed by atoms with Crippen molar-refractivity contribution in [3.8, 4) is 11.1 Å². The molecule has 0 atom stereocenters. The van der Waals surface area contributed by atoms with Gasteiger partial charge in [0.05, 0.1) is 5.71 Å².